The summed E-state index contributed by atoms with van der Waals surface area (Å²) in [4.78, 5) is 18.0. The van der Waals surface area contributed by atoms with Gasteiger partial charge in [0.25, 0.3) is 0 Å². The van der Waals surface area contributed by atoms with Crippen molar-refractivity contribution < 1.29 is 4.79 Å². The quantitative estimate of drug-likeness (QED) is 0.660. The molecule has 84 valence electrons. The second-order valence-electron chi connectivity index (χ2n) is 4.37. The second-order valence-corrected chi connectivity index (χ2v) is 4.37. The Hall–Kier alpha value is -1.36. The number of rotatable bonds is 5. The van der Waals surface area contributed by atoms with Gasteiger partial charge in [0.05, 0.1) is 0 Å². The van der Waals surface area contributed by atoms with E-state index in [0.29, 0.717) is 13.0 Å². The number of carbonyl (C=O) groups excluding carboxylic acids is 1. The number of aromatic nitrogens is 2. The molecular weight excluding hydrogens is 192 g/mol. The Labute approximate surface area is 89.5 Å². The van der Waals surface area contributed by atoms with Crippen molar-refractivity contribution in [1.29, 1.82) is 0 Å². The van der Waals surface area contributed by atoms with E-state index in [1.54, 1.807) is 6.20 Å². The van der Waals surface area contributed by atoms with Gasteiger partial charge in [-0.15, -0.1) is 0 Å². The second kappa shape index (κ2) is 4.44. The standard InChI is InChI=1S/C10H18N4O/c1-7-12-5-8(14-7)6-13-10(2,3)4-9(11)15/h5,13H,4,6H2,1-3H3,(H2,11,15)(H,12,14). The summed E-state index contributed by atoms with van der Waals surface area (Å²) in [5, 5.41) is 3.25. The van der Waals surface area contributed by atoms with Crippen molar-refractivity contribution in [1.82, 2.24) is 15.3 Å². The molecule has 5 nitrogen and oxygen atoms in total. The van der Waals surface area contributed by atoms with Crippen molar-refractivity contribution in [3.05, 3.63) is 17.7 Å². The van der Waals surface area contributed by atoms with Crippen LogP contribution in [0.25, 0.3) is 0 Å². The molecule has 0 aliphatic rings. The Bertz CT molecular complexity index is 343. The number of hydrogen-bond donors (Lipinski definition) is 3. The summed E-state index contributed by atoms with van der Waals surface area (Å²) in [6, 6.07) is 0. The summed E-state index contributed by atoms with van der Waals surface area (Å²) in [5.41, 5.74) is 5.87. The molecule has 0 radical (unpaired) electrons. The van der Waals surface area contributed by atoms with Gasteiger partial charge in [-0.05, 0) is 20.8 Å². The molecule has 1 aromatic rings. The average molecular weight is 210 g/mol. The number of nitrogens with zero attached hydrogens (tertiary/aromatic N) is 1. The van der Waals surface area contributed by atoms with Gasteiger partial charge in [-0.2, -0.15) is 0 Å². The summed E-state index contributed by atoms with van der Waals surface area (Å²) in [6.45, 7) is 6.45. The van der Waals surface area contributed by atoms with Crippen LogP contribution in [0.1, 0.15) is 31.8 Å². The van der Waals surface area contributed by atoms with Crippen molar-refractivity contribution in [3.63, 3.8) is 0 Å². The topological polar surface area (TPSA) is 83.8 Å². The van der Waals surface area contributed by atoms with Crippen LogP contribution in [0, 0.1) is 6.92 Å². The van der Waals surface area contributed by atoms with Crippen LogP contribution in [0.5, 0.6) is 0 Å². The number of aromatic amines is 1. The van der Waals surface area contributed by atoms with Crippen LogP contribution in [-0.2, 0) is 11.3 Å². The third-order valence-corrected chi connectivity index (χ3v) is 2.13. The number of aryl methyl sites for hydroxylation is 1. The molecule has 0 fully saturated rings. The molecule has 1 heterocycles. The molecular formula is C10H18N4O. The van der Waals surface area contributed by atoms with E-state index < -0.39 is 0 Å². The highest BCUT2D eigenvalue weighted by Gasteiger charge is 2.19. The minimum atomic E-state index is -0.298. The van der Waals surface area contributed by atoms with E-state index >= 15 is 0 Å². The zero-order chi connectivity index (χ0) is 11.5. The number of nitrogens with two attached hydrogens (primary N) is 1. The lowest BCUT2D eigenvalue weighted by Crippen LogP contribution is -2.42. The lowest BCUT2D eigenvalue weighted by Gasteiger charge is -2.24. The molecule has 1 amide bonds. The molecule has 5 heteroatoms. The molecule has 1 rings (SSSR count). The minimum Gasteiger partial charge on any atom is -0.370 e. The SMILES string of the molecule is Cc1ncc(CNC(C)(C)CC(N)=O)[nH]1. The number of carbonyl (C=O) groups is 1. The molecule has 0 saturated carbocycles. The molecule has 0 atom stereocenters. The van der Waals surface area contributed by atoms with Gasteiger partial charge in [0, 0.05) is 30.4 Å². The van der Waals surface area contributed by atoms with Gasteiger partial charge in [0.2, 0.25) is 5.91 Å². The fourth-order valence-electron chi connectivity index (χ4n) is 1.39. The minimum absolute atomic E-state index is 0.287. The van der Waals surface area contributed by atoms with E-state index in [1.807, 2.05) is 20.8 Å². The molecule has 0 aliphatic carbocycles. The average Bonchev–Trinajstić information content (AvgIpc) is 2.46. The van der Waals surface area contributed by atoms with E-state index in [0.717, 1.165) is 11.5 Å². The summed E-state index contributed by atoms with van der Waals surface area (Å²) in [6.07, 6.45) is 2.10. The molecule has 1 aromatic heterocycles. The molecule has 0 bridgehead atoms. The molecule has 0 spiro atoms. The first-order valence-corrected chi connectivity index (χ1v) is 4.93. The molecule has 0 saturated heterocycles. The third kappa shape index (κ3) is 4.12. The van der Waals surface area contributed by atoms with Gasteiger partial charge in [0.1, 0.15) is 5.82 Å². The normalized spacial score (nSPS) is 11.7. The summed E-state index contributed by atoms with van der Waals surface area (Å²) in [7, 11) is 0. The van der Waals surface area contributed by atoms with Crippen LogP contribution >= 0.6 is 0 Å². The van der Waals surface area contributed by atoms with Crippen LogP contribution in [0.3, 0.4) is 0 Å². The molecule has 15 heavy (non-hydrogen) atoms. The van der Waals surface area contributed by atoms with Gasteiger partial charge >= 0.3 is 0 Å². The lowest BCUT2D eigenvalue weighted by atomic mass is 10.0. The van der Waals surface area contributed by atoms with E-state index in [4.69, 9.17) is 5.73 Å². The van der Waals surface area contributed by atoms with Crippen LogP contribution < -0.4 is 11.1 Å². The van der Waals surface area contributed by atoms with Gasteiger partial charge in [-0.1, -0.05) is 0 Å². The predicted molar refractivity (Wildman–Crippen MR) is 58.1 cm³/mol. The first kappa shape index (κ1) is 11.7. The first-order valence-electron chi connectivity index (χ1n) is 4.93. The maximum absolute atomic E-state index is 10.8. The van der Waals surface area contributed by atoms with Gasteiger partial charge in [0.15, 0.2) is 0 Å². The smallest absolute Gasteiger partial charge is 0.219 e. The fourth-order valence-corrected chi connectivity index (χ4v) is 1.39. The monoisotopic (exact) mass is 210 g/mol. The van der Waals surface area contributed by atoms with Gasteiger partial charge in [-0.25, -0.2) is 4.98 Å². The van der Waals surface area contributed by atoms with E-state index in [9.17, 15) is 4.79 Å². The van der Waals surface area contributed by atoms with Crippen molar-refractivity contribution in [2.24, 2.45) is 5.73 Å². The maximum atomic E-state index is 10.8. The van der Waals surface area contributed by atoms with E-state index in [1.165, 1.54) is 0 Å². The summed E-state index contributed by atoms with van der Waals surface area (Å²) < 4.78 is 0. The number of hydrogen-bond acceptors (Lipinski definition) is 3. The predicted octanol–water partition coefficient (Wildman–Crippen LogP) is 0.462. The number of H-pyrrole nitrogens is 1. The Morgan fingerprint density at radius 3 is 2.80 bits per heavy atom. The zero-order valence-corrected chi connectivity index (χ0v) is 9.42. The van der Waals surface area contributed by atoms with Crippen molar-refractivity contribution in [2.45, 2.75) is 39.3 Å². The highest BCUT2D eigenvalue weighted by Crippen LogP contribution is 2.08. The van der Waals surface area contributed by atoms with Crippen LogP contribution in [0.4, 0.5) is 0 Å². The molecule has 0 unspecified atom stereocenters. The van der Waals surface area contributed by atoms with Crippen LogP contribution in [-0.4, -0.2) is 21.4 Å². The highest BCUT2D eigenvalue weighted by molar-refractivity contribution is 5.74. The lowest BCUT2D eigenvalue weighted by molar-refractivity contribution is -0.119. The Balaban J connectivity index is 2.45. The summed E-state index contributed by atoms with van der Waals surface area (Å²) >= 11 is 0. The molecule has 0 aliphatic heterocycles. The highest BCUT2D eigenvalue weighted by atomic mass is 16.1. The number of amides is 1. The van der Waals surface area contributed by atoms with Crippen molar-refractivity contribution >= 4 is 5.91 Å². The first-order chi connectivity index (χ1) is 6.89. The molecule has 0 aromatic carbocycles. The Kier molecular flexibility index (Phi) is 3.47. The zero-order valence-electron chi connectivity index (χ0n) is 9.42. The van der Waals surface area contributed by atoms with Crippen molar-refractivity contribution in [3.8, 4) is 0 Å². The third-order valence-electron chi connectivity index (χ3n) is 2.13. The maximum Gasteiger partial charge on any atom is 0.219 e. The van der Waals surface area contributed by atoms with E-state index in [-0.39, 0.29) is 11.4 Å². The Morgan fingerprint density at radius 2 is 2.33 bits per heavy atom. The fraction of sp³-hybridized carbons (Fsp3) is 0.600. The van der Waals surface area contributed by atoms with Crippen LogP contribution in [0.2, 0.25) is 0 Å². The molecule has 4 N–H and O–H groups in total. The number of primary amides is 1. The number of nitrogens with one attached hydrogen (secondary N) is 2. The Morgan fingerprint density at radius 1 is 1.67 bits per heavy atom. The van der Waals surface area contributed by atoms with Gasteiger partial charge < -0.3 is 16.0 Å². The largest absolute Gasteiger partial charge is 0.370 e. The van der Waals surface area contributed by atoms with E-state index in [2.05, 4.69) is 15.3 Å². The van der Waals surface area contributed by atoms with Crippen LogP contribution in [0.15, 0.2) is 6.20 Å². The van der Waals surface area contributed by atoms with Crippen molar-refractivity contribution in [2.75, 3.05) is 0 Å². The summed E-state index contributed by atoms with van der Waals surface area (Å²) in [5.74, 6) is 0.591. The number of imidazole rings is 1. The van der Waals surface area contributed by atoms with Gasteiger partial charge in [-0.3, -0.25) is 4.79 Å².